The predicted molar refractivity (Wildman–Crippen MR) is 108 cm³/mol. The van der Waals surface area contributed by atoms with Gasteiger partial charge in [0.15, 0.2) is 6.10 Å². The van der Waals surface area contributed by atoms with Crippen LogP contribution in [0.5, 0.6) is 11.5 Å². The number of hydrogen-bond acceptors (Lipinski definition) is 6. The van der Waals surface area contributed by atoms with E-state index in [1.54, 1.807) is 6.20 Å². The lowest BCUT2D eigenvalue weighted by molar-refractivity contribution is 0.0299. The molecule has 5 atom stereocenters. The van der Waals surface area contributed by atoms with E-state index in [0.29, 0.717) is 19.8 Å². The number of carbonyl (C=O) groups excluding carboxylic acids is 1. The number of pyridine rings is 1. The maximum absolute atomic E-state index is 12.7. The zero-order valence-electron chi connectivity index (χ0n) is 16.7. The summed E-state index contributed by atoms with van der Waals surface area (Å²) in [6.45, 7) is 3.28. The molecule has 1 aromatic heterocycles. The van der Waals surface area contributed by atoms with Crippen molar-refractivity contribution < 1.29 is 23.7 Å². The van der Waals surface area contributed by atoms with Crippen LogP contribution in [0.1, 0.15) is 23.7 Å². The molecule has 2 fully saturated rings. The molecule has 0 saturated carbocycles. The maximum Gasteiger partial charge on any atom is 0.315 e. The molecule has 0 radical (unpaired) electrons. The van der Waals surface area contributed by atoms with Crippen molar-refractivity contribution in [1.82, 2.24) is 15.6 Å². The Bertz CT molecular complexity index is 923. The molecule has 3 aliphatic heterocycles. The number of benzene rings is 1. The molecule has 0 aliphatic carbocycles. The molecular formula is C22H25N3O5. The molecule has 2 aromatic rings. The first-order valence-electron chi connectivity index (χ1n) is 10.3. The summed E-state index contributed by atoms with van der Waals surface area (Å²) in [7, 11) is 0. The molecule has 8 nitrogen and oxygen atoms in total. The fraction of sp³-hybridized carbons (Fsp3) is 0.455. The number of fused-ring (bicyclic) bond motifs is 2. The second kappa shape index (κ2) is 8.12. The third-order valence-corrected chi connectivity index (χ3v) is 5.83. The molecule has 3 aliphatic rings. The quantitative estimate of drug-likeness (QED) is 0.801. The highest BCUT2D eigenvalue weighted by atomic mass is 16.6. The lowest BCUT2D eigenvalue weighted by Gasteiger charge is -2.27. The third kappa shape index (κ3) is 3.68. The van der Waals surface area contributed by atoms with Crippen LogP contribution < -0.4 is 20.1 Å². The van der Waals surface area contributed by atoms with Crippen molar-refractivity contribution in [2.45, 2.75) is 43.7 Å². The van der Waals surface area contributed by atoms with E-state index >= 15 is 0 Å². The van der Waals surface area contributed by atoms with Gasteiger partial charge in [-0.3, -0.25) is 4.98 Å². The molecule has 1 unspecified atom stereocenters. The van der Waals surface area contributed by atoms with Gasteiger partial charge in [0.1, 0.15) is 23.7 Å². The average Bonchev–Trinajstić information content (AvgIpc) is 3.33. The molecule has 8 heteroatoms. The summed E-state index contributed by atoms with van der Waals surface area (Å²) in [6, 6.07) is 11.0. The minimum atomic E-state index is -0.236. The van der Waals surface area contributed by atoms with E-state index in [9.17, 15) is 4.79 Å². The summed E-state index contributed by atoms with van der Waals surface area (Å²) in [5.41, 5.74) is 1.82. The minimum absolute atomic E-state index is 0.0813. The number of nitrogens with one attached hydrogen (secondary N) is 2. The molecule has 1 aromatic carbocycles. The first-order chi connectivity index (χ1) is 14.7. The second-order valence-electron chi connectivity index (χ2n) is 7.79. The number of amides is 2. The van der Waals surface area contributed by atoms with Gasteiger partial charge in [-0.15, -0.1) is 0 Å². The predicted octanol–water partition coefficient (Wildman–Crippen LogP) is 2.13. The zero-order valence-corrected chi connectivity index (χ0v) is 16.7. The van der Waals surface area contributed by atoms with Crippen molar-refractivity contribution in [3.63, 3.8) is 0 Å². The van der Waals surface area contributed by atoms with E-state index in [0.717, 1.165) is 29.2 Å². The second-order valence-corrected chi connectivity index (χ2v) is 7.79. The molecule has 158 valence electrons. The molecule has 0 bridgehead atoms. The number of carbonyl (C=O) groups is 1. The maximum atomic E-state index is 12.7. The highest BCUT2D eigenvalue weighted by Crippen LogP contribution is 2.32. The van der Waals surface area contributed by atoms with E-state index in [-0.39, 0.29) is 36.4 Å². The number of para-hydroxylation sites is 1. The SMILES string of the molecule is Cc1ncccc1O[C@H]1CO[C@H]2[C@@H]1OC[C@@H]2NC(=O)NC1CCOc2ccccc21. The van der Waals surface area contributed by atoms with Gasteiger partial charge < -0.3 is 29.6 Å². The van der Waals surface area contributed by atoms with Crippen LogP contribution in [0.2, 0.25) is 0 Å². The molecule has 5 rings (SSSR count). The van der Waals surface area contributed by atoms with Crippen LogP contribution in [0, 0.1) is 6.92 Å². The van der Waals surface area contributed by atoms with Gasteiger partial charge in [0.25, 0.3) is 0 Å². The molecular weight excluding hydrogens is 386 g/mol. The summed E-state index contributed by atoms with van der Waals surface area (Å²) in [5, 5.41) is 6.08. The standard InChI is InChI=1S/C22H25N3O5/c1-13-17(7-4-9-23-13)30-19-12-29-20-16(11-28-21(19)20)25-22(26)24-15-8-10-27-18-6-3-2-5-14(15)18/h2-7,9,15-16,19-21H,8,10-12H2,1H3,(H2,24,25,26)/t15?,16-,19-,20+,21+/m0/s1. The minimum Gasteiger partial charge on any atom is -0.493 e. The highest BCUT2D eigenvalue weighted by Gasteiger charge is 2.49. The van der Waals surface area contributed by atoms with Crippen molar-refractivity contribution in [2.75, 3.05) is 19.8 Å². The summed E-state index contributed by atoms with van der Waals surface area (Å²) in [6.07, 6.45) is 1.78. The number of rotatable bonds is 4. The Balaban J connectivity index is 1.19. The van der Waals surface area contributed by atoms with Gasteiger partial charge in [0, 0.05) is 18.2 Å². The van der Waals surface area contributed by atoms with Crippen LogP contribution >= 0.6 is 0 Å². The van der Waals surface area contributed by atoms with Crippen LogP contribution in [-0.4, -0.2) is 55.2 Å². The average molecular weight is 411 g/mol. The van der Waals surface area contributed by atoms with E-state index in [1.165, 1.54) is 0 Å². The lowest BCUT2D eigenvalue weighted by atomic mass is 10.0. The summed E-state index contributed by atoms with van der Waals surface area (Å²) >= 11 is 0. The first-order valence-corrected chi connectivity index (χ1v) is 10.3. The van der Waals surface area contributed by atoms with Crippen molar-refractivity contribution in [1.29, 1.82) is 0 Å². The van der Waals surface area contributed by atoms with Crippen LogP contribution in [0.4, 0.5) is 4.79 Å². The van der Waals surface area contributed by atoms with E-state index in [1.807, 2.05) is 43.3 Å². The lowest BCUT2D eigenvalue weighted by Crippen LogP contribution is -2.49. The Hall–Kier alpha value is -2.84. The monoisotopic (exact) mass is 411 g/mol. The topological polar surface area (TPSA) is 90.9 Å². The Morgan fingerprint density at radius 2 is 1.97 bits per heavy atom. The third-order valence-electron chi connectivity index (χ3n) is 5.83. The van der Waals surface area contributed by atoms with Gasteiger partial charge in [-0.2, -0.15) is 0 Å². The van der Waals surface area contributed by atoms with Crippen molar-refractivity contribution >= 4 is 6.03 Å². The number of nitrogens with zero attached hydrogens (tertiary/aromatic N) is 1. The fourth-order valence-corrected chi connectivity index (χ4v) is 4.31. The Kier molecular flexibility index (Phi) is 5.18. The molecule has 4 heterocycles. The van der Waals surface area contributed by atoms with E-state index in [2.05, 4.69) is 15.6 Å². The molecule has 2 saturated heterocycles. The largest absolute Gasteiger partial charge is 0.493 e. The van der Waals surface area contributed by atoms with E-state index < -0.39 is 0 Å². The molecule has 2 N–H and O–H groups in total. The van der Waals surface area contributed by atoms with Gasteiger partial charge in [0.2, 0.25) is 0 Å². The van der Waals surface area contributed by atoms with Crippen molar-refractivity contribution in [2.24, 2.45) is 0 Å². The van der Waals surface area contributed by atoms with Crippen molar-refractivity contribution in [3.8, 4) is 11.5 Å². The highest BCUT2D eigenvalue weighted by molar-refractivity contribution is 5.75. The van der Waals surface area contributed by atoms with E-state index in [4.69, 9.17) is 18.9 Å². The number of aromatic nitrogens is 1. The van der Waals surface area contributed by atoms with Gasteiger partial charge in [0.05, 0.1) is 37.6 Å². The smallest absolute Gasteiger partial charge is 0.315 e. The Labute approximate surface area is 174 Å². The van der Waals surface area contributed by atoms with Crippen molar-refractivity contribution in [3.05, 3.63) is 53.9 Å². The molecule has 0 spiro atoms. The zero-order chi connectivity index (χ0) is 20.5. The van der Waals surface area contributed by atoms with Crippen LogP contribution in [0.3, 0.4) is 0 Å². The van der Waals surface area contributed by atoms with Crippen LogP contribution in [-0.2, 0) is 9.47 Å². The van der Waals surface area contributed by atoms with Gasteiger partial charge in [-0.25, -0.2) is 4.79 Å². The first kappa shape index (κ1) is 19.1. The summed E-state index contributed by atoms with van der Waals surface area (Å²) in [4.78, 5) is 16.9. The van der Waals surface area contributed by atoms with Gasteiger partial charge >= 0.3 is 6.03 Å². The molecule has 2 amide bonds. The molecule has 30 heavy (non-hydrogen) atoms. The Morgan fingerprint density at radius 3 is 2.87 bits per heavy atom. The van der Waals surface area contributed by atoms with Crippen LogP contribution in [0.15, 0.2) is 42.6 Å². The van der Waals surface area contributed by atoms with Gasteiger partial charge in [-0.1, -0.05) is 18.2 Å². The number of aryl methyl sites for hydroxylation is 1. The summed E-state index contributed by atoms with van der Waals surface area (Å²) in [5.74, 6) is 1.55. The normalized spacial score (nSPS) is 29.4. The fourth-order valence-electron chi connectivity index (χ4n) is 4.31. The number of urea groups is 1. The Morgan fingerprint density at radius 1 is 1.10 bits per heavy atom. The van der Waals surface area contributed by atoms with Crippen LogP contribution in [0.25, 0.3) is 0 Å². The summed E-state index contributed by atoms with van der Waals surface area (Å²) < 4.78 is 23.6. The number of hydrogen-bond donors (Lipinski definition) is 2. The van der Waals surface area contributed by atoms with Gasteiger partial charge in [-0.05, 0) is 25.1 Å². The number of ether oxygens (including phenoxy) is 4.